The van der Waals surface area contributed by atoms with E-state index in [0.717, 1.165) is 17.7 Å². The molecule has 2 fully saturated rings. The number of rotatable bonds is 5. The first kappa shape index (κ1) is 21.0. The fourth-order valence-corrected chi connectivity index (χ4v) is 4.05. The molecule has 2 aromatic rings. The Bertz CT molecular complexity index is 999. The lowest BCUT2D eigenvalue weighted by atomic mass is 10.1. The number of carbonyl (C=O) groups excluding carboxylic acids is 3. The summed E-state index contributed by atoms with van der Waals surface area (Å²) < 4.78 is 1.58. The lowest BCUT2D eigenvalue weighted by Crippen LogP contribution is -2.53. The summed E-state index contributed by atoms with van der Waals surface area (Å²) in [6.45, 7) is 6.16. The molecule has 164 valence electrons. The largest absolute Gasteiger partial charge is 0.322 e. The second-order valence-corrected chi connectivity index (χ2v) is 8.29. The number of benzene rings is 1. The Morgan fingerprint density at radius 1 is 1.19 bits per heavy atom. The fraction of sp³-hybridized carbons (Fsp3) is 0.455. The zero-order valence-electron chi connectivity index (χ0n) is 18.0. The van der Waals surface area contributed by atoms with Crippen LogP contribution in [0, 0.1) is 19.8 Å². The van der Waals surface area contributed by atoms with Gasteiger partial charge in [-0.1, -0.05) is 24.6 Å². The average molecular weight is 425 g/mol. The Hall–Kier alpha value is -3.20. The van der Waals surface area contributed by atoms with E-state index in [4.69, 9.17) is 0 Å². The Balaban J connectivity index is 1.47. The summed E-state index contributed by atoms with van der Waals surface area (Å²) in [6.07, 6.45) is 0.839. The van der Waals surface area contributed by atoms with Crippen molar-refractivity contribution < 1.29 is 14.4 Å². The van der Waals surface area contributed by atoms with Gasteiger partial charge in [-0.15, -0.1) is 0 Å². The van der Waals surface area contributed by atoms with Gasteiger partial charge < -0.3 is 15.5 Å². The van der Waals surface area contributed by atoms with Crippen LogP contribution in [-0.4, -0.2) is 40.1 Å². The monoisotopic (exact) mass is 424 g/mol. The summed E-state index contributed by atoms with van der Waals surface area (Å²) >= 11 is 0. The minimum Gasteiger partial charge on any atom is -0.322 e. The maximum absolute atomic E-state index is 13.0. The van der Waals surface area contributed by atoms with E-state index in [2.05, 4.69) is 21.0 Å². The molecule has 1 aromatic carbocycles. The van der Waals surface area contributed by atoms with Crippen LogP contribution in [0.1, 0.15) is 43.7 Å². The maximum Gasteiger partial charge on any atom is 0.230 e. The van der Waals surface area contributed by atoms with Gasteiger partial charge in [0.2, 0.25) is 17.7 Å². The highest BCUT2D eigenvalue weighted by atomic mass is 16.2. The molecule has 1 aromatic heterocycles. The highest BCUT2D eigenvalue weighted by molar-refractivity contribution is 6.03. The molecule has 0 spiro atoms. The summed E-state index contributed by atoms with van der Waals surface area (Å²) in [6, 6.07) is 9.50. The summed E-state index contributed by atoms with van der Waals surface area (Å²) in [4.78, 5) is 39.2. The van der Waals surface area contributed by atoms with Gasteiger partial charge in [-0.2, -0.15) is 5.10 Å². The molecular weight excluding hydrogens is 396 g/mol. The number of hydrogen-bond donors (Lipinski definition) is 3. The molecule has 9 heteroatoms. The molecule has 0 aliphatic carbocycles. The third-order valence-corrected chi connectivity index (χ3v) is 5.81. The first-order valence-corrected chi connectivity index (χ1v) is 10.6. The van der Waals surface area contributed by atoms with Gasteiger partial charge in [0.05, 0.1) is 11.6 Å². The molecule has 2 saturated heterocycles. The van der Waals surface area contributed by atoms with Crippen molar-refractivity contribution in [1.82, 2.24) is 20.4 Å². The molecule has 3 amide bonds. The van der Waals surface area contributed by atoms with Crippen molar-refractivity contribution in [3.05, 3.63) is 41.6 Å². The van der Waals surface area contributed by atoms with E-state index < -0.39 is 12.2 Å². The van der Waals surface area contributed by atoms with Gasteiger partial charge >= 0.3 is 0 Å². The van der Waals surface area contributed by atoms with Crippen LogP contribution in [0.3, 0.4) is 0 Å². The van der Waals surface area contributed by atoms with Crippen LogP contribution in [0.4, 0.5) is 11.5 Å². The number of amides is 3. The molecule has 3 N–H and O–H groups in total. The average Bonchev–Trinajstić information content (AvgIpc) is 3.30. The van der Waals surface area contributed by atoms with Crippen LogP contribution in [0.2, 0.25) is 0 Å². The molecule has 2 aliphatic rings. The Morgan fingerprint density at radius 3 is 2.65 bits per heavy atom. The maximum atomic E-state index is 13.0. The Labute approximate surface area is 181 Å². The molecule has 2 aliphatic heterocycles. The molecule has 0 radical (unpaired) electrons. The minimum absolute atomic E-state index is 0.0438. The molecule has 3 heterocycles. The predicted octanol–water partition coefficient (Wildman–Crippen LogP) is 1.84. The molecular formula is C22H28N6O3. The number of nitrogens with one attached hydrogen (secondary N) is 3. The summed E-state index contributed by atoms with van der Waals surface area (Å²) in [7, 11) is 0. The molecule has 31 heavy (non-hydrogen) atoms. The highest BCUT2D eigenvalue weighted by Gasteiger charge is 2.36. The third-order valence-electron chi connectivity index (χ3n) is 5.81. The lowest BCUT2D eigenvalue weighted by Gasteiger charge is -2.32. The topological polar surface area (TPSA) is 108 Å². The normalized spacial score (nSPS) is 23.7. The van der Waals surface area contributed by atoms with Gasteiger partial charge in [-0.05, 0) is 32.4 Å². The zero-order valence-corrected chi connectivity index (χ0v) is 18.0. The van der Waals surface area contributed by atoms with Gasteiger partial charge in [-0.25, -0.2) is 4.68 Å². The minimum atomic E-state index is -0.538. The van der Waals surface area contributed by atoms with Crippen molar-refractivity contribution in [3.8, 4) is 0 Å². The highest BCUT2D eigenvalue weighted by Crippen LogP contribution is 2.27. The fourth-order valence-electron chi connectivity index (χ4n) is 4.05. The standard InChI is InChI=1S/C22H28N6O3/c1-4-16-11-19(29)25-22(23-16)28-18(9-14(3)26-28)24-21(31)15-10-20(30)27(12-15)17-7-5-13(2)6-8-17/h5-9,15-16,22-23H,4,10-12H2,1-3H3,(H,24,31)(H,25,29). The second kappa shape index (κ2) is 8.50. The third kappa shape index (κ3) is 4.46. The van der Waals surface area contributed by atoms with E-state index in [0.29, 0.717) is 24.5 Å². The molecule has 3 unspecified atom stereocenters. The van der Waals surface area contributed by atoms with E-state index in [1.165, 1.54) is 0 Å². The van der Waals surface area contributed by atoms with E-state index in [1.54, 1.807) is 15.6 Å². The van der Waals surface area contributed by atoms with E-state index in [9.17, 15) is 14.4 Å². The predicted molar refractivity (Wildman–Crippen MR) is 116 cm³/mol. The number of aromatic nitrogens is 2. The van der Waals surface area contributed by atoms with Crippen molar-refractivity contribution in [3.63, 3.8) is 0 Å². The van der Waals surface area contributed by atoms with Crippen LogP contribution in [0.25, 0.3) is 0 Å². The van der Waals surface area contributed by atoms with Crippen LogP contribution in [0.5, 0.6) is 0 Å². The number of carbonyl (C=O) groups is 3. The quantitative estimate of drug-likeness (QED) is 0.679. The first-order chi connectivity index (χ1) is 14.8. The molecule has 9 nitrogen and oxygen atoms in total. The van der Waals surface area contributed by atoms with Crippen LogP contribution in [-0.2, 0) is 14.4 Å². The van der Waals surface area contributed by atoms with Crippen LogP contribution in [0.15, 0.2) is 30.3 Å². The smallest absolute Gasteiger partial charge is 0.230 e. The summed E-state index contributed by atoms with van der Waals surface area (Å²) in [5.74, 6) is -0.344. The molecule has 0 bridgehead atoms. The first-order valence-electron chi connectivity index (χ1n) is 10.6. The van der Waals surface area contributed by atoms with Crippen molar-refractivity contribution in [2.24, 2.45) is 5.92 Å². The Kier molecular flexibility index (Phi) is 5.77. The molecule has 3 atom stereocenters. The van der Waals surface area contributed by atoms with Crippen molar-refractivity contribution in [2.75, 3.05) is 16.8 Å². The zero-order chi connectivity index (χ0) is 22.1. The lowest BCUT2D eigenvalue weighted by molar-refractivity contribution is -0.125. The van der Waals surface area contributed by atoms with Gasteiger partial charge in [0.25, 0.3) is 0 Å². The number of aryl methyl sites for hydroxylation is 2. The number of nitrogens with zero attached hydrogens (tertiary/aromatic N) is 3. The second-order valence-electron chi connectivity index (χ2n) is 8.29. The van der Waals surface area contributed by atoms with Crippen molar-refractivity contribution in [2.45, 2.75) is 52.4 Å². The van der Waals surface area contributed by atoms with Crippen LogP contribution < -0.4 is 20.9 Å². The van der Waals surface area contributed by atoms with Gasteiger partial charge in [0.15, 0.2) is 6.29 Å². The summed E-state index contributed by atoms with van der Waals surface area (Å²) in [5.41, 5.74) is 2.63. The van der Waals surface area contributed by atoms with E-state index in [1.807, 2.05) is 45.0 Å². The Morgan fingerprint density at radius 2 is 1.94 bits per heavy atom. The number of hydrogen-bond acceptors (Lipinski definition) is 5. The molecule has 0 saturated carbocycles. The van der Waals surface area contributed by atoms with Gasteiger partial charge in [-0.3, -0.25) is 19.7 Å². The van der Waals surface area contributed by atoms with Gasteiger partial charge in [0.1, 0.15) is 5.82 Å². The SMILES string of the molecule is CCC1CC(=O)NC(n2nc(C)cc2NC(=O)C2CC(=O)N(c3ccc(C)cc3)C2)N1. The van der Waals surface area contributed by atoms with Crippen molar-refractivity contribution in [1.29, 1.82) is 0 Å². The number of anilines is 2. The van der Waals surface area contributed by atoms with E-state index in [-0.39, 0.29) is 30.2 Å². The van der Waals surface area contributed by atoms with Crippen LogP contribution >= 0.6 is 0 Å². The van der Waals surface area contributed by atoms with Gasteiger partial charge in [0, 0.05) is 37.2 Å². The van der Waals surface area contributed by atoms with E-state index >= 15 is 0 Å². The summed E-state index contributed by atoms with van der Waals surface area (Å²) in [5, 5.41) is 13.6. The van der Waals surface area contributed by atoms with Crippen molar-refractivity contribution >= 4 is 29.2 Å². The molecule has 4 rings (SSSR count).